The molecule has 0 aliphatic heterocycles. The van der Waals surface area contributed by atoms with E-state index < -0.39 is 28.5 Å². The van der Waals surface area contributed by atoms with Crippen LogP contribution >= 0.6 is 0 Å². The van der Waals surface area contributed by atoms with Gasteiger partial charge in [-0.1, -0.05) is 39.0 Å². The number of hydrogen-bond acceptors (Lipinski definition) is 3. The van der Waals surface area contributed by atoms with Gasteiger partial charge in [-0.2, -0.15) is 13.2 Å². The number of carbonyl (C=O) groups excluding carboxylic acids is 2. The molecule has 2 aromatic rings. The number of nitrogens with zero attached hydrogens (tertiary/aromatic N) is 1. The highest BCUT2D eigenvalue weighted by Crippen LogP contribution is 2.33. The SMILES string of the molecule is CC(C)(C)C(=O)Nc1cnccc1C(=O)c1ccccc1C(F)(F)F. The van der Waals surface area contributed by atoms with Gasteiger partial charge in [0.1, 0.15) is 0 Å². The Labute approximate surface area is 143 Å². The van der Waals surface area contributed by atoms with Crippen molar-refractivity contribution >= 4 is 17.4 Å². The molecular weight excluding hydrogens is 333 g/mol. The first kappa shape index (κ1) is 18.6. The van der Waals surface area contributed by atoms with E-state index in [-0.39, 0.29) is 17.2 Å². The van der Waals surface area contributed by atoms with Gasteiger partial charge in [-0.25, -0.2) is 0 Å². The van der Waals surface area contributed by atoms with Crippen molar-refractivity contribution in [1.82, 2.24) is 4.98 Å². The molecule has 132 valence electrons. The summed E-state index contributed by atoms with van der Waals surface area (Å²) in [5, 5.41) is 2.56. The van der Waals surface area contributed by atoms with Gasteiger partial charge in [0.15, 0.2) is 5.78 Å². The van der Waals surface area contributed by atoms with Crippen LogP contribution in [0.1, 0.15) is 42.3 Å². The molecule has 0 atom stereocenters. The third kappa shape index (κ3) is 4.23. The third-order valence-corrected chi connectivity index (χ3v) is 3.47. The van der Waals surface area contributed by atoms with Crippen molar-refractivity contribution < 1.29 is 22.8 Å². The first-order valence-electron chi connectivity index (χ1n) is 7.48. The number of aromatic nitrogens is 1. The van der Waals surface area contributed by atoms with Crippen LogP contribution in [-0.4, -0.2) is 16.7 Å². The van der Waals surface area contributed by atoms with Crippen LogP contribution in [0.5, 0.6) is 0 Å². The maximum atomic E-state index is 13.2. The van der Waals surface area contributed by atoms with Crippen LogP contribution < -0.4 is 5.32 Å². The Hall–Kier alpha value is -2.70. The molecule has 0 fully saturated rings. The molecule has 0 saturated heterocycles. The molecule has 2 rings (SSSR count). The zero-order valence-corrected chi connectivity index (χ0v) is 13.9. The van der Waals surface area contributed by atoms with Crippen LogP contribution in [0.25, 0.3) is 0 Å². The molecule has 0 spiro atoms. The lowest BCUT2D eigenvalue weighted by molar-refractivity contribution is -0.137. The highest BCUT2D eigenvalue weighted by atomic mass is 19.4. The van der Waals surface area contributed by atoms with Crippen LogP contribution in [0.3, 0.4) is 0 Å². The summed E-state index contributed by atoms with van der Waals surface area (Å²) in [6, 6.07) is 5.82. The molecule has 1 amide bonds. The number of halogens is 3. The summed E-state index contributed by atoms with van der Waals surface area (Å²) in [6.07, 6.45) is -2.13. The van der Waals surface area contributed by atoms with E-state index in [1.54, 1.807) is 20.8 Å². The monoisotopic (exact) mass is 350 g/mol. The minimum atomic E-state index is -4.66. The van der Waals surface area contributed by atoms with Crippen molar-refractivity contribution in [3.63, 3.8) is 0 Å². The van der Waals surface area contributed by atoms with Crippen LogP contribution in [0.15, 0.2) is 42.7 Å². The van der Waals surface area contributed by atoms with Gasteiger partial charge < -0.3 is 5.32 Å². The van der Waals surface area contributed by atoms with Crippen LogP contribution in [0, 0.1) is 5.41 Å². The number of amides is 1. The summed E-state index contributed by atoms with van der Waals surface area (Å²) >= 11 is 0. The molecular formula is C18H17F3N2O2. The molecule has 0 aliphatic carbocycles. The lowest BCUT2D eigenvalue weighted by Gasteiger charge is -2.19. The number of carbonyl (C=O) groups is 2. The molecule has 0 saturated carbocycles. The maximum Gasteiger partial charge on any atom is 0.417 e. The maximum absolute atomic E-state index is 13.2. The second-order valence-corrected chi connectivity index (χ2v) is 6.50. The summed E-state index contributed by atoms with van der Waals surface area (Å²) in [7, 11) is 0. The first-order valence-corrected chi connectivity index (χ1v) is 7.48. The number of benzene rings is 1. The van der Waals surface area contributed by atoms with Gasteiger partial charge in [0.2, 0.25) is 5.91 Å². The molecule has 1 heterocycles. The number of rotatable bonds is 3. The van der Waals surface area contributed by atoms with Crippen LogP contribution in [0.2, 0.25) is 0 Å². The van der Waals surface area contributed by atoms with Crippen molar-refractivity contribution in [3.8, 4) is 0 Å². The number of alkyl halides is 3. The Morgan fingerprint density at radius 3 is 2.24 bits per heavy atom. The average Bonchev–Trinajstić information content (AvgIpc) is 2.53. The van der Waals surface area contributed by atoms with E-state index >= 15 is 0 Å². The predicted molar refractivity (Wildman–Crippen MR) is 87.2 cm³/mol. The fraction of sp³-hybridized carbons (Fsp3) is 0.278. The van der Waals surface area contributed by atoms with E-state index in [0.717, 1.165) is 12.1 Å². The van der Waals surface area contributed by atoms with Gasteiger partial charge in [0.25, 0.3) is 0 Å². The Morgan fingerprint density at radius 2 is 1.64 bits per heavy atom. The van der Waals surface area contributed by atoms with E-state index in [4.69, 9.17) is 0 Å². The van der Waals surface area contributed by atoms with Gasteiger partial charge in [-0.15, -0.1) is 0 Å². The second-order valence-electron chi connectivity index (χ2n) is 6.50. The van der Waals surface area contributed by atoms with E-state index in [0.29, 0.717) is 0 Å². The lowest BCUT2D eigenvalue weighted by atomic mass is 9.94. The van der Waals surface area contributed by atoms with Crippen molar-refractivity contribution in [2.75, 3.05) is 5.32 Å². The molecule has 0 unspecified atom stereocenters. The van der Waals surface area contributed by atoms with Gasteiger partial charge in [0.05, 0.1) is 17.4 Å². The van der Waals surface area contributed by atoms with Crippen molar-refractivity contribution in [3.05, 3.63) is 59.4 Å². The summed E-state index contributed by atoms with van der Waals surface area (Å²) in [5.41, 5.74) is -2.22. The predicted octanol–water partition coefficient (Wildman–Crippen LogP) is 4.32. The summed E-state index contributed by atoms with van der Waals surface area (Å²) in [5.74, 6) is -1.21. The minimum absolute atomic E-state index is 0.0516. The Balaban J connectivity index is 2.48. The normalized spacial score (nSPS) is 11.9. The van der Waals surface area contributed by atoms with E-state index in [1.807, 2.05) is 0 Å². The number of nitrogens with one attached hydrogen (secondary N) is 1. The highest BCUT2D eigenvalue weighted by Gasteiger charge is 2.35. The molecule has 1 aromatic heterocycles. The number of hydrogen-bond donors (Lipinski definition) is 1. The van der Waals surface area contributed by atoms with E-state index in [2.05, 4.69) is 10.3 Å². The van der Waals surface area contributed by atoms with Gasteiger partial charge in [-0.3, -0.25) is 14.6 Å². The molecule has 1 N–H and O–H groups in total. The molecule has 25 heavy (non-hydrogen) atoms. The van der Waals surface area contributed by atoms with Crippen molar-refractivity contribution in [1.29, 1.82) is 0 Å². The first-order chi connectivity index (χ1) is 11.5. The Kier molecular flexibility index (Phi) is 4.97. The molecule has 0 radical (unpaired) electrons. The molecule has 4 nitrogen and oxygen atoms in total. The molecule has 7 heteroatoms. The highest BCUT2D eigenvalue weighted by molar-refractivity contribution is 6.14. The van der Waals surface area contributed by atoms with Crippen LogP contribution in [0.4, 0.5) is 18.9 Å². The van der Waals surface area contributed by atoms with Crippen molar-refractivity contribution in [2.45, 2.75) is 26.9 Å². The Bertz CT molecular complexity index is 808. The quantitative estimate of drug-likeness (QED) is 0.839. The van der Waals surface area contributed by atoms with Gasteiger partial charge in [0, 0.05) is 22.7 Å². The summed E-state index contributed by atoms with van der Waals surface area (Å²) in [4.78, 5) is 28.7. The topological polar surface area (TPSA) is 59.1 Å². The lowest BCUT2D eigenvalue weighted by Crippen LogP contribution is -2.28. The Morgan fingerprint density at radius 1 is 1.00 bits per heavy atom. The van der Waals surface area contributed by atoms with E-state index in [9.17, 15) is 22.8 Å². The zero-order valence-electron chi connectivity index (χ0n) is 13.9. The van der Waals surface area contributed by atoms with Gasteiger partial charge >= 0.3 is 6.18 Å². The van der Waals surface area contributed by atoms with Crippen molar-refractivity contribution in [2.24, 2.45) is 5.41 Å². The summed E-state index contributed by atoms with van der Waals surface area (Å²) < 4.78 is 39.5. The largest absolute Gasteiger partial charge is 0.417 e. The van der Waals surface area contributed by atoms with Gasteiger partial charge in [-0.05, 0) is 12.1 Å². The number of pyridine rings is 1. The second kappa shape index (κ2) is 6.66. The molecule has 0 bridgehead atoms. The average molecular weight is 350 g/mol. The fourth-order valence-corrected chi connectivity index (χ4v) is 2.08. The summed E-state index contributed by atoms with van der Waals surface area (Å²) in [6.45, 7) is 5.04. The van der Waals surface area contributed by atoms with Crippen LogP contribution in [-0.2, 0) is 11.0 Å². The standard InChI is InChI=1S/C18H17F3N2O2/c1-17(2,3)16(25)23-14-10-22-9-8-12(14)15(24)11-6-4-5-7-13(11)18(19,20)21/h4-10H,1-3H3,(H,23,25). The third-order valence-electron chi connectivity index (χ3n) is 3.47. The smallest absolute Gasteiger partial charge is 0.324 e. The zero-order chi connectivity index (χ0) is 18.8. The minimum Gasteiger partial charge on any atom is -0.324 e. The molecule has 1 aromatic carbocycles. The fourth-order valence-electron chi connectivity index (χ4n) is 2.08. The number of anilines is 1. The van der Waals surface area contributed by atoms with E-state index in [1.165, 1.54) is 30.6 Å². The molecule has 0 aliphatic rings. The number of ketones is 1.